The third kappa shape index (κ3) is 7.12. The Morgan fingerprint density at radius 1 is 1.12 bits per heavy atom. The molecule has 0 aliphatic carbocycles. The number of fused-ring (bicyclic) bond motifs is 1. The summed E-state index contributed by atoms with van der Waals surface area (Å²) in [5.41, 5.74) is 2.09. The summed E-state index contributed by atoms with van der Waals surface area (Å²) in [5, 5.41) is 9.59. The minimum Gasteiger partial charge on any atom is -0.512 e. The van der Waals surface area contributed by atoms with E-state index in [0.717, 1.165) is 11.3 Å². The van der Waals surface area contributed by atoms with Gasteiger partial charge in [-0.15, -0.1) is 11.5 Å². The molecule has 0 spiro atoms. The zero-order chi connectivity index (χ0) is 18.8. The molecule has 0 unspecified atom stereocenters. The molecule has 1 aromatic carbocycles. The molecule has 141 valence electrons. The normalized spacial score (nSPS) is 9.92. The average molecular weight is 546 g/mol. The van der Waals surface area contributed by atoms with Crippen LogP contribution in [0.5, 0.6) is 0 Å². The van der Waals surface area contributed by atoms with E-state index in [2.05, 4.69) is 37.0 Å². The van der Waals surface area contributed by atoms with E-state index in [9.17, 15) is 4.79 Å². The van der Waals surface area contributed by atoms with Crippen LogP contribution in [0.1, 0.15) is 26.3 Å². The van der Waals surface area contributed by atoms with Crippen LogP contribution in [0.15, 0.2) is 60.5 Å². The first-order valence-corrected chi connectivity index (χ1v) is 8.64. The fraction of sp³-hybridized carbons (Fsp3) is 0.143. The topological polar surface area (TPSA) is 50.2 Å². The first-order chi connectivity index (χ1) is 12.0. The van der Waals surface area contributed by atoms with E-state index in [0.29, 0.717) is 0 Å². The van der Waals surface area contributed by atoms with E-state index >= 15 is 0 Å². The van der Waals surface area contributed by atoms with Crippen molar-refractivity contribution in [2.24, 2.45) is 0 Å². The van der Waals surface area contributed by atoms with Gasteiger partial charge in [-0.2, -0.15) is 19.4 Å². The maximum atomic E-state index is 10.0. The van der Waals surface area contributed by atoms with Gasteiger partial charge in [0.2, 0.25) is 0 Å². The van der Waals surface area contributed by atoms with E-state index < -0.39 is 0 Å². The van der Waals surface area contributed by atoms with Crippen molar-refractivity contribution >= 4 is 27.2 Å². The number of aromatic nitrogens is 1. The number of benzene rings is 1. The largest absolute Gasteiger partial charge is 0.512 e. The Balaban J connectivity index is 0.000000539. The number of aliphatic hydroxyl groups is 1. The monoisotopic (exact) mass is 546 g/mol. The predicted molar refractivity (Wildman–Crippen MR) is 108 cm³/mol. The molecule has 1 N–H and O–H groups in total. The van der Waals surface area contributed by atoms with Gasteiger partial charge in [-0.25, -0.2) is 11.3 Å². The van der Waals surface area contributed by atoms with Gasteiger partial charge in [0.25, 0.3) is 0 Å². The molecule has 0 amide bonds. The Bertz CT molecular complexity index is 838. The molecule has 0 aliphatic rings. The van der Waals surface area contributed by atoms with Gasteiger partial charge in [-0.3, -0.25) is 9.78 Å². The van der Waals surface area contributed by atoms with Gasteiger partial charge >= 0.3 is 0 Å². The quantitative estimate of drug-likeness (QED) is 0.243. The number of thiophene rings is 1. The van der Waals surface area contributed by atoms with Gasteiger partial charge in [0.15, 0.2) is 5.78 Å². The molecule has 0 saturated heterocycles. The van der Waals surface area contributed by atoms with Gasteiger partial charge in [0.05, 0.1) is 5.76 Å². The zero-order valence-electron chi connectivity index (χ0n) is 15.2. The third-order valence-corrected chi connectivity index (χ3v) is 4.24. The molecule has 0 fully saturated rings. The number of aliphatic hydroxyl groups excluding tert-OH is 1. The second kappa shape index (κ2) is 12.4. The van der Waals surface area contributed by atoms with Crippen molar-refractivity contribution in [1.82, 2.24) is 4.98 Å². The van der Waals surface area contributed by atoms with Gasteiger partial charge in [-0.05, 0) is 35.6 Å². The van der Waals surface area contributed by atoms with Crippen molar-refractivity contribution < 1.29 is 30.0 Å². The summed E-state index contributed by atoms with van der Waals surface area (Å²) < 4.78 is 1.27. The molecule has 2 heterocycles. The molecule has 3 aromatic rings. The van der Waals surface area contributed by atoms with E-state index in [1.54, 1.807) is 18.3 Å². The first kappa shape index (κ1) is 24.1. The molecule has 0 atom stereocenters. The smallest absolute Gasteiger partial charge is 0.155 e. The van der Waals surface area contributed by atoms with E-state index in [4.69, 9.17) is 5.11 Å². The molecule has 0 saturated carbocycles. The van der Waals surface area contributed by atoms with Crippen molar-refractivity contribution in [3.8, 4) is 10.6 Å². The number of allylic oxidation sites excluding steroid dienone is 2. The number of nitrogens with zero attached hydrogens (tertiary/aromatic N) is 1. The molecule has 3 rings (SSSR count). The maximum absolute atomic E-state index is 10.0. The van der Waals surface area contributed by atoms with Gasteiger partial charge in [0.1, 0.15) is 0 Å². The van der Waals surface area contributed by atoms with Crippen LogP contribution in [0.2, 0.25) is 0 Å². The summed E-state index contributed by atoms with van der Waals surface area (Å²) in [4.78, 5) is 15.6. The van der Waals surface area contributed by atoms with Crippen molar-refractivity contribution in [2.75, 3.05) is 0 Å². The van der Waals surface area contributed by atoms with Gasteiger partial charge in [-0.1, -0.05) is 24.3 Å². The Morgan fingerprint density at radius 2 is 1.73 bits per heavy atom. The van der Waals surface area contributed by atoms with Crippen LogP contribution in [0, 0.1) is 13.8 Å². The van der Waals surface area contributed by atoms with Crippen molar-refractivity contribution in [2.45, 2.75) is 20.8 Å². The summed E-state index contributed by atoms with van der Waals surface area (Å²) in [6.45, 7) is 12.0. The van der Waals surface area contributed by atoms with Gasteiger partial charge in [0, 0.05) is 38.1 Å². The van der Waals surface area contributed by atoms with Crippen molar-refractivity contribution in [3.63, 3.8) is 0 Å². The fourth-order valence-corrected chi connectivity index (χ4v) is 3.22. The van der Waals surface area contributed by atoms with Crippen LogP contribution in [0.4, 0.5) is 0 Å². The summed E-state index contributed by atoms with van der Waals surface area (Å²) in [7, 11) is 0. The number of ketones is 1. The summed E-state index contributed by atoms with van der Waals surface area (Å²) >= 11 is 1.75. The van der Waals surface area contributed by atoms with Gasteiger partial charge < -0.3 is 12.0 Å². The molecule has 0 aliphatic heterocycles. The van der Waals surface area contributed by atoms with Crippen molar-refractivity contribution in [1.29, 1.82) is 0 Å². The Kier molecular flexibility index (Phi) is 11.5. The Hall–Kier alpha value is -1.94. The molecule has 2 aromatic heterocycles. The minimum atomic E-state index is -0.125. The molecule has 3 nitrogen and oxygen atoms in total. The number of carbonyl (C=O) groups is 1. The third-order valence-electron chi connectivity index (χ3n) is 3.01. The minimum absolute atomic E-state index is 0. The first-order valence-electron chi connectivity index (χ1n) is 7.82. The molecule has 5 heteroatoms. The Morgan fingerprint density at radius 3 is 2.19 bits per heavy atom. The average Bonchev–Trinajstić information content (AvgIpc) is 2.94. The molecule has 26 heavy (non-hydrogen) atoms. The van der Waals surface area contributed by atoms with E-state index in [1.165, 1.54) is 34.9 Å². The summed E-state index contributed by atoms with van der Waals surface area (Å²) in [5.74, 6) is -0.0625. The summed E-state index contributed by atoms with van der Waals surface area (Å²) in [6.07, 6.45) is 2.99. The van der Waals surface area contributed by atoms with E-state index in [-0.39, 0.29) is 31.6 Å². The van der Waals surface area contributed by atoms with Crippen LogP contribution in [0.3, 0.4) is 0 Å². The number of carbonyl (C=O) groups excluding carboxylic acids is 1. The molecular weight excluding hydrogens is 523 g/mol. The number of pyridine rings is 1. The van der Waals surface area contributed by atoms with Crippen LogP contribution in [0.25, 0.3) is 20.7 Å². The zero-order valence-corrected chi connectivity index (χ0v) is 18.4. The predicted octanol–water partition coefficient (Wildman–Crippen LogP) is 6.02. The fourth-order valence-electron chi connectivity index (χ4n) is 2.10. The Labute approximate surface area is 173 Å². The second-order valence-electron chi connectivity index (χ2n) is 5.02. The molecule has 1 radical (unpaired) electrons. The second-order valence-corrected chi connectivity index (χ2v) is 6.07. The van der Waals surface area contributed by atoms with Crippen LogP contribution in [-0.4, -0.2) is 15.9 Å². The maximum Gasteiger partial charge on any atom is 0.155 e. The number of hydrogen-bond donors (Lipinski definition) is 1. The van der Waals surface area contributed by atoms with Crippen LogP contribution in [-0.2, 0) is 24.9 Å². The SMILES string of the molecule is CC(=O)/C=C(/C)O.[CH2-]C.[CH2-]c1c(-c2ccccn2)sc2ccccc12.[Ir]. The van der Waals surface area contributed by atoms with Crippen LogP contribution >= 0.6 is 11.3 Å². The van der Waals surface area contributed by atoms with Crippen molar-refractivity contribution in [3.05, 3.63) is 79.9 Å². The number of hydrogen-bond acceptors (Lipinski definition) is 4. The van der Waals surface area contributed by atoms with E-state index in [1.807, 2.05) is 30.5 Å². The molecular formula is C21H23IrNO2S-2. The number of rotatable bonds is 2. The standard InChI is InChI=1S/C14H10NS.C5H8O2.C2H5.Ir/c1-10-11-6-2-3-8-13(11)16-14(10)12-7-4-5-9-15-12;1-4(6)3-5(2)7;1-2;/h2-9H,1H2;3,6H,1-2H3;1H2,2H3;/q-1;;-1;/b;4-3-;;. The van der Waals surface area contributed by atoms with Crippen LogP contribution < -0.4 is 0 Å². The summed E-state index contributed by atoms with van der Waals surface area (Å²) in [6, 6.07) is 14.3. The molecule has 0 bridgehead atoms.